The van der Waals surface area contributed by atoms with Crippen LogP contribution in [0.15, 0.2) is 11.4 Å². The third kappa shape index (κ3) is 2.11. The van der Waals surface area contributed by atoms with E-state index in [9.17, 15) is 0 Å². The molecule has 3 unspecified atom stereocenters. The molecule has 0 spiro atoms. The van der Waals surface area contributed by atoms with Crippen LogP contribution in [0.3, 0.4) is 0 Å². The van der Waals surface area contributed by atoms with E-state index in [0.717, 1.165) is 24.4 Å². The maximum absolute atomic E-state index is 3.61. The van der Waals surface area contributed by atoms with Gasteiger partial charge in [0.25, 0.3) is 0 Å². The second-order valence-corrected chi connectivity index (χ2v) is 5.76. The van der Waals surface area contributed by atoms with Gasteiger partial charge in [-0.1, -0.05) is 13.8 Å². The van der Waals surface area contributed by atoms with Gasteiger partial charge in [-0.05, 0) is 55.2 Å². The Kier molecular flexibility index (Phi) is 3.47. The van der Waals surface area contributed by atoms with Crippen molar-refractivity contribution in [1.82, 2.24) is 5.32 Å². The van der Waals surface area contributed by atoms with Crippen LogP contribution in [-0.4, -0.2) is 12.6 Å². The fourth-order valence-corrected chi connectivity index (χ4v) is 3.71. The third-order valence-electron chi connectivity index (χ3n) is 3.82. The molecule has 0 aromatic carbocycles. The molecule has 0 bridgehead atoms. The van der Waals surface area contributed by atoms with Crippen LogP contribution < -0.4 is 5.32 Å². The maximum Gasteiger partial charge on any atom is 0.00986 e. The van der Waals surface area contributed by atoms with Gasteiger partial charge in [-0.3, -0.25) is 0 Å². The number of hydrogen-bond acceptors (Lipinski definition) is 2. The van der Waals surface area contributed by atoms with Crippen LogP contribution in [0.25, 0.3) is 0 Å². The predicted molar refractivity (Wildman–Crippen MR) is 67.7 cm³/mol. The molecule has 1 heterocycles. The summed E-state index contributed by atoms with van der Waals surface area (Å²) < 4.78 is 0. The normalized spacial score (nSPS) is 31.0. The van der Waals surface area contributed by atoms with E-state index < -0.39 is 0 Å². The highest BCUT2D eigenvalue weighted by Crippen LogP contribution is 2.41. The third-order valence-corrected chi connectivity index (χ3v) is 4.68. The molecule has 1 aromatic heterocycles. The summed E-state index contributed by atoms with van der Waals surface area (Å²) in [6.45, 7) is 7.97. The fourth-order valence-electron chi connectivity index (χ4n) is 2.93. The first-order chi connectivity index (χ1) is 7.24. The first-order valence-electron chi connectivity index (χ1n) is 6.01. The van der Waals surface area contributed by atoms with Gasteiger partial charge in [0.1, 0.15) is 0 Å². The standard InChI is InChI=1S/C13H21NS/c1-4-14-13-6-5-11(9(13)2)12-7-8-15-10(12)3/h7-9,11,13-14H,4-6H2,1-3H3. The smallest absolute Gasteiger partial charge is 0.00986 e. The monoisotopic (exact) mass is 223 g/mol. The summed E-state index contributed by atoms with van der Waals surface area (Å²) in [5, 5.41) is 5.84. The van der Waals surface area contributed by atoms with E-state index in [0.29, 0.717) is 0 Å². The first kappa shape index (κ1) is 11.2. The van der Waals surface area contributed by atoms with Gasteiger partial charge in [0.2, 0.25) is 0 Å². The lowest BCUT2D eigenvalue weighted by Crippen LogP contribution is -2.32. The Bertz CT molecular complexity index is 318. The van der Waals surface area contributed by atoms with Crippen molar-refractivity contribution in [2.24, 2.45) is 5.92 Å². The van der Waals surface area contributed by atoms with E-state index in [1.807, 2.05) is 11.3 Å². The molecule has 1 aliphatic rings. The van der Waals surface area contributed by atoms with Crippen LogP contribution in [0.1, 0.15) is 43.0 Å². The molecule has 0 amide bonds. The molecule has 1 nitrogen and oxygen atoms in total. The summed E-state index contributed by atoms with van der Waals surface area (Å²) >= 11 is 1.89. The second-order valence-electron chi connectivity index (χ2n) is 4.64. The van der Waals surface area contributed by atoms with Crippen molar-refractivity contribution in [2.75, 3.05) is 6.54 Å². The molecule has 1 aliphatic carbocycles. The van der Waals surface area contributed by atoms with Crippen molar-refractivity contribution in [3.63, 3.8) is 0 Å². The molecule has 1 saturated carbocycles. The van der Waals surface area contributed by atoms with Crippen molar-refractivity contribution < 1.29 is 0 Å². The number of thiophene rings is 1. The van der Waals surface area contributed by atoms with Gasteiger partial charge in [-0.25, -0.2) is 0 Å². The molecular formula is C13H21NS. The summed E-state index contributed by atoms with van der Waals surface area (Å²) in [5.41, 5.74) is 1.60. The van der Waals surface area contributed by atoms with Gasteiger partial charge in [0.05, 0.1) is 0 Å². The Morgan fingerprint density at radius 3 is 2.87 bits per heavy atom. The van der Waals surface area contributed by atoms with Crippen molar-refractivity contribution in [3.05, 3.63) is 21.9 Å². The van der Waals surface area contributed by atoms with Crippen LogP contribution in [-0.2, 0) is 0 Å². The topological polar surface area (TPSA) is 12.0 Å². The van der Waals surface area contributed by atoms with Gasteiger partial charge in [-0.2, -0.15) is 0 Å². The zero-order valence-corrected chi connectivity index (χ0v) is 10.7. The van der Waals surface area contributed by atoms with E-state index in [2.05, 4.69) is 37.5 Å². The molecule has 15 heavy (non-hydrogen) atoms. The van der Waals surface area contributed by atoms with Crippen LogP contribution in [0.2, 0.25) is 0 Å². The van der Waals surface area contributed by atoms with Crippen LogP contribution in [0.5, 0.6) is 0 Å². The zero-order valence-electron chi connectivity index (χ0n) is 9.92. The lowest BCUT2D eigenvalue weighted by Gasteiger charge is -2.21. The van der Waals surface area contributed by atoms with Gasteiger partial charge in [-0.15, -0.1) is 11.3 Å². The summed E-state index contributed by atoms with van der Waals surface area (Å²) in [6, 6.07) is 3.06. The average molecular weight is 223 g/mol. The number of nitrogens with one attached hydrogen (secondary N) is 1. The summed E-state index contributed by atoms with van der Waals surface area (Å²) in [7, 11) is 0. The Labute approximate surface area is 96.9 Å². The molecule has 3 atom stereocenters. The highest BCUT2D eigenvalue weighted by Gasteiger charge is 2.33. The molecule has 2 heteroatoms. The molecule has 84 valence electrons. The first-order valence-corrected chi connectivity index (χ1v) is 6.89. The average Bonchev–Trinajstić information content (AvgIpc) is 2.76. The van der Waals surface area contributed by atoms with Gasteiger partial charge < -0.3 is 5.32 Å². The Morgan fingerprint density at radius 2 is 2.27 bits per heavy atom. The molecule has 1 aromatic rings. The lowest BCUT2D eigenvalue weighted by atomic mass is 9.89. The van der Waals surface area contributed by atoms with Crippen LogP contribution in [0, 0.1) is 12.8 Å². The van der Waals surface area contributed by atoms with E-state index in [4.69, 9.17) is 0 Å². The molecule has 0 radical (unpaired) electrons. The van der Waals surface area contributed by atoms with Gasteiger partial charge >= 0.3 is 0 Å². The number of aryl methyl sites for hydroxylation is 1. The predicted octanol–water partition coefficient (Wildman–Crippen LogP) is 3.55. The maximum atomic E-state index is 3.61. The summed E-state index contributed by atoms with van der Waals surface area (Å²) in [6.07, 6.45) is 2.70. The van der Waals surface area contributed by atoms with Crippen molar-refractivity contribution >= 4 is 11.3 Å². The van der Waals surface area contributed by atoms with E-state index in [1.165, 1.54) is 17.7 Å². The SMILES string of the molecule is CCNC1CCC(c2ccsc2C)C1C. The quantitative estimate of drug-likeness (QED) is 0.826. The Morgan fingerprint density at radius 1 is 1.47 bits per heavy atom. The molecule has 0 saturated heterocycles. The highest BCUT2D eigenvalue weighted by atomic mass is 32.1. The minimum absolute atomic E-state index is 0.735. The minimum Gasteiger partial charge on any atom is -0.314 e. The largest absolute Gasteiger partial charge is 0.314 e. The molecule has 1 fully saturated rings. The minimum atomic E-state index is 0.735. The van der Waals surface area contributed by atoms with E-state index >= 15 is 0 Å². The Balaban J connectivity index is 2.10. The summed E-state index contributed by atoms with van der Waals surface area (Å²) in [4.78, 5) is 1.52. The highest BCUT2D eigenvalue weighted by molar-refractivity contribution is 7.10. The van der Waals surface area contributed by atoms with Gasteiger partial charge in [0.15, 0.2) is 0 Å². The number of rotatable bonds is 3. The summed E-state index contributed by atoms with van der Waals surface area (Å²) in [5.74, 6) is 1.58. The molecular weight excluding hydrogens is 202 g/mol. The van der Waals surface area contributed by atoms with E-state index in [-0.39, 0.29) is 0 Å². The van der Waals surface area contributed by atoms with Crippen molar-refractivity contribution in [3.8, 4) is 0 Å². The molecule has 2 rings (SSSR count). The van der Waals surface area contributed by atoms with Crippen molar-refractivity contribution in [1.29, 1.82) is 0 Å². The lowest BCUT2D eigenvalue weighted by molar-refractivity contribution is 0.412. The second kappa shape index (κ2) is 4.67. The van der Waals surface area contributed by atoms with E-state index in [1.54, 1.807) is 5.56 Å². The Hall–Kier alpha value is -0.340. The fraction of sp³-hybridized carbons (Fsp3) is 0.692. The number of hydrogen-bond donors (Lipinski definition) is 1. The van der Waals surface area contributed by atoms with Crippen LogP contribution in [0.4, 0.5) is 0 Å². The van der Waals surface area contributed by atoms with Gasteiger partial charge in [0, 0.05) is 10.9 Å². The van der Waals surface area contributed by atoms with Crippen LogP contribution >= 0.6 is 11.3 Å². The van der Waals surface area contributed by atoms with Crippen molar-refractivity contribution in [2.45, 2.75) is 45.6 Å². The molecule has 0 aliphatic heterocycles. The molecule has 1 N–H and O–H groups in total. The zero-order chi connectivity index (χ0) is 10.8.